The number of hydrogen-bond donors (Lipinski definition) is 2. The Labute approximate surface area is 190 Å². The van der Waals surface area contributed by atoms with Crippen molar-refractivity contribution in [1.82, 2.24) is 30.3 Å². The van der Waals surface area contributed by atoms with Crippen LogP contribution in [0.2, 0.25) is 0 Å². The number of carbonyl (C=O) groups is 1. The summed E-state index contributed by atoms with van der Waals surface area (Å²) in [7, 11) is 1.61. The number of H-pyrrole nitrogens is 1. The van der Waals surface area contributed by atoms with Crippen molar-refractivity contribution in [2.24, 2.45) is 0 Å². The Morgan fingerprint density at radius 1 is 1.09 bits per heavy atom. The zero-order chi connectivity index (χ0) is 23.2. The van der Waals surface area contributed by atoms with Gasteiger partial charge in [-0.1, -0.05) is 38.0 Å². The molecule has 2 aromatic heterocycles. The SMILES string of the molecule is CCCCCn1nc(C(=O)NCc2nc(-c3ccc(OC)cc3)n[nH]2)c2ccccc2c1=O. The molecule has 0 aliphatic rings. The zero-order valence-electron chi connectivity index (χ0n) is 18.7. The van der Waals surface area contributed by atoms with Crippen LogP contribution in [-0.2, 0) is 13.1 Å². The molecular weight excluding hydrogens is 420 g/mol. The molecule has 0 spiro atoms. The van der Waals surface area contributed by atoms with Crippen LogP contribution in [-0.4, -0.2) is 38.0 Å². The van der Waals surface area contributed by atoms with Gasteiger partial charge in [-0.15, -0.1) is 0 Å². The Balaban J connectivity index is 1.52. The van der Waals surface area contributed by atoms with E-state index in [-0.39, 0.29) is 23.7 Å². The summed E-state index contributed by atoms with van der Waals surface area (Å²) in [5.41, 5.74) is 0.866. The van der Waals surface area contributed by atoms with Gasteiger partial charge in [0, 0.05) is 17.5 Å². The maximum absolute atomic E-state index is 13.0. The van der Waals surface area contributed by atoms with Crippen molar-refractivity contribution in [3.8, 4) is 17.1 Å². The summed E-state index contributed by atoms with van der Waals surface area (Å²) in [4.78, 5) is 30.2. The molecule has 0 unspecified atom stereocenters. The molecule has 0 aliphatic heterocycles. The number of amides is 1. The molecule has 2 heterocycles. The first-order valence-electron chi connectivity index (χ1n) is 10.9. The standard InChI is InChI=1S/C24H26N6O3/c1-3-4-7-14-30-24(32)19-9-6-5-8-18(19)21(29-30)23(31)25-15-20-26-22(28-27-20)16-10-12-17(33-2)13-11-16/h5-6,8-13H,3-4,7,14-15H2,1-2H3,(H,25,31)(H,26,27,28). The predicted molar refractivity (Wildman–Crippen MR) is 125 cm³/mol. The van der Waals surface area contributed by atoms with Crippen molar-refractivity contribution in [2.45, 2.75) is 39.3 Å². The van der Waals surface area contributed by atoms with Crippen LogP contribution in [0.4, 0.5) is 0 Å². The van der Waals surface area contributed by atoms with Crippen LogP contribution in [0.5, 0.6) is 5.75 Å². The van der Waals surface area contributed by atoms with Crippen LogP contribution < -0.4 is 15.6 Å². The third-order valence-electron chi connectivity index (χ3n) is 5.35. The second kappa shape index (κ2) is 10.1. The molecule has 4 aromatic rings. The smallest absolute Gasteiger partial charge is 0.274 e. The van der Waals surface area contributed by atoms with Gasteiger partial charge in [-0.3, -0.25) is 14.7 Å². The van der Waals surface area contributed by atoms with Gasteiger partial charge in [0.25, 0.3) is 11.5 Å². The maximum atomic E-state index is 13.0. The van der Waals surface area contributed by atoms with E-state index < -0.39 is 0 Å². The fourth-order valence-electron chi connectivity index (χ4n) is 3.56. The zero-order valence-corrected chi connectivity index (χ0v) is 18.7. The number of fused-ring (bicyclic) bond motifs is 1. The number of aryl methyl sites for hydroxylation is 1. The molecule has 1 amide bonds. The Bertz CT molecular complexity index is 1310. The number of methoxy groups -OCH3 is 1. The molecule has 9 nitrogen and oxygen atoms in total. The average Bonchev–Trinajstić information content (AvgIpc) is 3.33. The highest BCUT2D eigenvalue weighted by Crippen LogP contribution is 2.19. The number of benzene rings is 2. The number of carbonyl (C=O) groups excluding carboxylic acids is 1. The molecule has 33 heavy (non-hydrogen) atoms. The summed E-state index contributed by atoms with van der Waals surface area (Å²) in [6.07, 6.45) is 2.85. The van der Waals surface area contributed by atoms with Gasteiger partial charge in [0.15, 0.2) is 11.5 Å². The Hall–Kier alpha value is -4.01. The van der Waals surface area contributed by atoms with Gasteiger partial charge < -0.3 is 10.1 Å². The van der Waals surface area contributed by atoms with Crippen molar-refractivity contribution in [3.05, 3.63) is 70.4 Å². The Morgan fingerprint density at radius 2 is 1.85 bits per heavy atom. The fourth-order valence-corrected chi connectivity index (χ4v) is 3.56. The van der Waals surface area contributed by atoms with Crippen LogP contribution in [0, 0.1) is 0 Å². The average molecular weight is 447 g/mol. The molecule has 0 bridgehead atoms. The molecule has 0 atom stereocenters. The lowest BCUT2D eigenvalue weighted by Crippen LogP contribution is -2.30. The molecule has 0 saturated heterocycles. The number of hydrogen-bond acceptors (Lipinski definition) is 6. The van der Waals surface area contributed by atoms with Crippen LogP contribution in [0.15, 0.2) is 53.3 Å². The second-order valence-electron chi connectivity index (χ2n) is 7.65. The van der Waals surface area contributed by atoms with Gasteiger partial charge >= 0.3 is 0 Å². The number of nitrogens with zero attached hydrogens (tertiary/aromatic N) is 4. The van der Waals surface area contributed by atoms with Crippen molar-refractivity contribution >= 4 is 16.7 Å². The third kappa shape index (κ3) is 4.92. The summed E-state index contributed by atoms with van der Waals surface area (Å²) in [5.74, 6) is 1.40. The Kier molecular flexibility index (Phi) is 6.77. The lowest BCUT2D eigenvalue weighted by Gasteiger charge is -2.11. The first-order valence-corrected chi connectivity index (χ1v) is 10.9. The summed E-state index contributed by atoms with van der Waals surface area (Å²) in [6.45, 7) is 2.72. The molecule has 4 rings (SSSR count). The second-order valence-corrected chi connectivity index (χ2v) is 7.65. The third-order valence-corrected chi connectivity index (χ3v) is 5.35. The highest BCUT2D eigenvalue weighted by molar-refractivity contribution is 6.04. The largest absolute Gasteiger partial charge is 0.497 e. The van der Waals surface area contributed by atoms with Crippen molar-refractivity contribution < 1.29 is 9.53 Å². The van der Waals surface area contributed by atoms with E-state index in [2.05, 4.69) is 32.5 Å². The lowest BCUT2D eigenvalue weighted by molar-refractivity contribution is 0.0944. The quantitative estimate of drug-likeness (QED) is 0.381. The van der Waals surface area contributed by atoms with Crippen LogP contribution in [0.25, 0.3) is 22.2 Å². The minimum atomic E-state index is -0.377. The van der Waals surface area contributed by atoms with Crippen molar-refractivity contribution in [3.63, 3.8) is 0 Å². The van der Waals surface area contributed by atoms with Gasteiger partial charge in [-0.25, -0.2) is 9.67 Å². The molecule has 9 heteroatoms. The number of rotatable bonds is 9. The molecule has 0 radical (unpaired) electrons. The summed E-state index contributed by atoms with van der Waals surface area (Å²) in [5, 5.41) is 15.3. The fraction of sp³-hybridized carbons (Fsp3) is 0.292. The van der Waals surface area contributed by atoms with Gasteiger partial charge in [-0.05, 0) is 36.8 Å². The molecule has 0 fully saturated rings. The summed E-state index contributed by atoms with van der Waals surface area (Å²) < 4.78 is 6.56. The van der Waals surface area contributed by atoms with E-state index in [1.165, 1.54) is 4.68 Å². The number of aromatic amines is 1. The number of aromatic nitrogens is 5. The van der Waals surface area contributed by atoms with Crippen LogP contribution >= 0.6 is 0 Å². The van der Waals surface area contributed by atoms with Crippen molar-refractivity contribution in [1.29, 1.82) is 0 Å². The van der Waals surface area contributed by atoms with Gasteiger partial charge in [0.1, 0.15) is 11.6 Å². The number of ether oxygens (including phenoxy) is 1. The first kappa shape index (κ1) is 22.2. The molecule has 0 saturated carbocycles. The topological polar surface area (TPSA) is 115 Å². The Morgan fingerprint density at radius 3 is 2.58 bits per heavy atom. The van der Waals surface area contributed by atoms with Crippen LogP contribution in [0.1, 0.15) is 42.5 Å². The summed E-state index contributed by atoms with van der Waals surface area (Å²) >= 11 is 0. The lowest BCUT2D eigenvalue weighted by atomic mass is 10.1. The molecule has 2 aromatic carbocycles. The molecule has 170 valence electrons. The number of nitrogens with one attached hydrogen (secondary N) is 2. The predicted octanol–water partition coefficient (Wildman–Crippen LogP) is 3.31. The monoisotopic (exact) mass is 446 g/mol. The van der Waals surface area contributed by atoms with E-state index in [1.807, 2.05) is 24.3 Å². The minimum absolute atomic E-state index is 0.146. The first-order chi connectivity index (χ1) is 16.1. The molecule has 0 aliphatic carbocycles. The van der Waals surface area contributed by atoms with Crippen molar-refractivity contribution in [2.75, 3.05) is 7.11 Å². The summed E-state index contributed by atoms with van der Waals surface area (Å²) in [6, 6.07) is 14.4. The minimum Gasteiger partial charge on any atom is -0.497 e. The van der Waals surface area contributed by atoms with Gasteiger partial charge in [-0.2, -0.15) is 10.2 Å². The van der Waals surface area contributed by atoms with E-state index in [0.717, 1.165) is 30.6 Å². The number of unbranched alkanes of at least 4 members (excludes halogenated alkanes) is 2. The van der Waals surface area contributed by atoms with E-state index in [9.17, 15) is 9.59 Å². The highest BCUT2D eigenvalue weighted by atomic mass is 16.5. The maximum Gasteiger partial charge on any atom is 0.274 e. The van der Waals surface area contributed by atoms with E-state index in [1.54, 1.807) is 31.4 Å². The molecular formula is C24H26N6O3. The highest BCUT2D eigenvalue weighted by Gasteiger charge is 2.17. The van der Waals surface area contributed by atoms with Crippen LogP contribution in [0.3, 0.4) is 0 Å². The van der Waals surface area contributed by atoms with E-state index >= 15 is 0 Å². The van der Waals surface area contributed by atoms with E-state index in [0.29, 0.717) is 29.0 Å². The van der Waals surface area contributed by atoms with E-state index in [4.69, 9.17) is 4.74 Å². The molecule has 2 N–H and O–H groups in total. The van der Waals surface area contributed by atoms with Gasteiger partial charge in [0.05, 0.1) is 19.0 Å². The van der Waals surface area contributed by atoms with Gasteiger partial charge in [0.2, 0.25) is 0 Å². The normalized spacial score (nSPS) is 11.0.